The van der Waals surface area contributed by atoms with E-state index in [2.05, 4.69) is 9.99 Å². The summed E-state index contributed by atoms with van der Waals surface area (Å²) in [4.78, 5) is 25.1. The molecule has 0 saturated carbocycles. The number of nitro benzene ring substituents is 1. The van der Waals surface area contributed by atoms with E-state index in [-0.39, 0.29) is 5.69 Å². The highest BCUT2D eigenvalue weighted by Crippen LogP contribution is 2.25. The fourth-order valence-electron chi connectivity index (χ4n) is 1.50. The van der Waals surface area contributed by atoms with Crippen molar-refractivity contribution < 1.29 is 19.0 Å². The van der Waals surface area contributed by atoms with Crippen LogP contribution in [0.2, 0.25) is 0 Å². The van der Waals surface area contributed by atoms with Crippen molar-refractivity contribution in [2.45, 2.75) is 6.92 Å². The summed E-state index contributed by atoms with van der Waals surface area (Å²) in [6.07, 6.45) is 1.24. The number of non-ortho nitro benzene ring substituents is 1. The van der Waals surface area contributed by atoms with Crippen LogP contribution in [-0.2, 0) is 9.63 Å². The Kier molecular flexibility index (Phi) is 3.90. The number of furan rings is 1. The molecule has 2 aromatic rings. The number of benzene rings is 1. The minimum Gasteiger partial charge on any atom is -0.455 e. The second-order valence-corrected chi connectivity index (χ2v) is 3.83. The summed E-state index contributed by atoms with van der Waals surface area (Å²) in [5.74, 6) is 0.289. The van der Waals surface area contributed by atoms with Gasteiger partial charge in [-0.1, -0.05) is 17.3 Å². The van der Waals surface area contributed by atoms with Gasteiger partial charge in [0.25, 0.3) is 5.69 Å². The Labute approximate surface area is 113 Å². The molecule has 0 unspecified atom stereocenters. The van der Waals surface area contributed by atoms with Crippen LogP contribution in [0.5, 0.6) is 0 Å². The Morgan fingerprint density at radius 1 is 1.40 bits per heavy atom. The van der Waals surface area contributed by atoms with Crippen LogP contribution in [0.15, 0.2) is 46.0 Å². The van der Waals surface area contributed by atoms with E-state index in [1.807, 2.05) is 0 Å². The summed E-state index contributed by atoms with van der Waals surface area (Å²) < 4.78 is 5.42. The van der Waals surface area contributed by atoms with Crippen LogP contribution in [0.4, 0.5) is 5.69 Å². The standard InChI is InChI=1S/C13H10N2O5/c1-9(16)20-14-8-12-5-6-13(19-12)10-3-2-4-11(7-10)15(17)18/h2-8H,1H3/b14-8+. The smallest absolute Gasteiger partial charge is 0.331 e. The maximum absolute atomic E-state index is 10.7. The highest BCUT2D eigenvalue weighted by Gasteiger charge is 2.09. The van der Waals surface area contributed by atoms with E-state index in [0.29, 0.717) is 17.1 Å². The molecule has 0 aliphatic heterocycles. The van der Waals surface area contributed by atoms with E-state index in [4.69, 9.17) is 4.42 Å². The topological polar surface area (TPSA) is 94.9 Å². The van der Waals surface area contributed by atoms with Crippen LogP contribution in [0.3, 0.4) is 0 Å². The molecule has 0 fully saturated rings. The van der Waals surface area contributed by atoms with Crippen molar-refractivity contribution in [2.24, 2.45) is 5.16 Å². The zero-order valence-electron chi connectivity index (χ0n) is 10.5. The summed E-state index contributed by atoms with van der Waals surface area (Å²) in [7, 11) is 0. The third-order valence-electron chi connectivity index (χ3n) is 2.33. The van der Waals surface area contributed by atoms with E-state index >= 15 is 0 Å². The molecule has 0 aliphatic carbocycles. The minimum absolute atomic E-state index is 0.0194. The van der Waals surface area contributed by atoms with Crippen molar-refractivity contribution in [2.75, 3.05) is 0 Å². The second-order valence-electron chi connectivity index (χ2n) is 3.83. The van der Waals surface area contributed by atoms with Crippen molar-refractivity contribution in [1.82, 2.24) is 0 Å². The van der Waals surface area contributed by atoms with Crippen molar-refractivity contribution in [3.63, 3.8) is 0 Å². The molecular weight excluding hydrogens is 264 g/mol. The van der Waals surface area contributed by atoms with Gasteiger partial charge in [-0.05, 0) is 12.1 Å². The molecule has 2 rings (SSSR count). The Balaban J connectivity index is 2.20. The van der Waals surface area contributed by atoms with Gasteiger partial charge in [0.2, 0.25) is 0 Å². The lowest BCUT2D eigenvalue weighted by atomic mass is 10.1. The highest BCUT2D eigenvalue weighted by molar-refractivity contribution is 5.78. The minimum atomic E-state index is -0.535. The number of hydrogen-bond donors (Lipinski definition) is 0. The predicted octanol–water partition coefficient (Wildman–Crippen LogP) is 2.75. The third-order valence-corrected chi connectivity index (χ3v) is 2.33. The second kappa shape index (κ2) is 5.79. The van der Waals surface area contributed by atoms with E-state index < -0.39 is 10.9 Å². The molecule has 7 nitrogen and oxygen atoms in total. The molecule has 1 aromatic carbocycles. The number of nitro groups is 1. The molecule has 0 aliphatic rings. The fraction of sp³-hybridized carbons (Fsp3) is 0.0769. The molecule has 0 spiro atoms. The largest absolute Gasteiger partial charge is 0.455 e. The van der Waals surface area contributed by atoms with Gasteiger partial charge in [0, 0.05) is 24.6 Å². The van der Waals surface area contributed by atoms with Gasteiger partial charge in [0.05, 0.1) is 4.92 Å². The van der Waals surface area contributed by atoms with Crippen LogP contribution >= 0.6 is 0 Å². The number of carbonyl (C=O) groups is 1. The molecule has 102 valence electrons. The van der Waals surface area contributed by atoms with Gasteiger partial charge in [-0.15, -0.1) is 0 Å². The third kappa shape index (κ3) is 3.29. The lowest BCUT2D eigenvalue weighted by Gasteiger charge is -1.96. The van der Waals surface area contributed by atoms with Crippen LogP contribution in [-0.4, -0.2) is 17.1 Å². The molecule has 0 atom stereocenters. The van der Waals surface area contributed by atoms with Gasteiger partial charge >= 0.3 is 5.97 Å². The van der Waals surface area contributed by atoms with Gasteiger partial charge in [0.1, 0.15) is 17.7 Å². The first-order chi connectivity index (χ1) is 9.56. The van der Waals surface area contributed by atoms with Crippen molar-refractivity contribution in [3.05, 3.63) is 52.3 Å². The maximum Gasteiger partial charge on any atom is 0.331 e. The normalized spacial score (nSPS) is 10.7. The number of carbonyl (C=O) groups excluding carboxylic acids is 1. The molecule has 0 N–H and O–H groups in total. The Morgan fingerprint density at radius 3 is 2.90 bits per heavy atom. The number of oxime groups is 1. The molecule has 0 radical (unpaired) electrons. The highest BCUT2D eigenvalue weighted by atomic mass is 16.7. The molecule has 20 heavy (non-hydrogen) atoms. The van der Waals surface area contributed by atoms with Crippen LogP contribution in [0.1, 0.15) is 12.7 Å². The first kappa shape index (κ1) is 13.5. The molecule has 0 amide bonds. The van der Waals surface area contributed by atoms with E-state index in [1.54, 1.807) is 24.3 Å². The number of nitrogens with zero attached hydrogens (tertiary/aromatic N) is 2. The van der Waals surface area contributed by atoms with Crippen LogP contribution < -0.4 is 0 Å². The molecule has 7 heteroatoms. The monoisotopic (exact) mass is 274 g/mol. The summed E-state index contributed by atoms with van der Waals surface area (Å²) in [6, 6.07) is 9.33. The zero-order chi connectivity index (χ0) is 14.5. The molecular formula is C13H10N2O5. The van der Waals surface area contributed by atoms with Crippen molar-refractivity contribution >= 4 is 17.9 Å². The summed E-state index contributed by atoms with van der Waals surface area (Å²) in [5.41, 5.74) is 0.556. The van der Waals surface area contributed by atoms with E-state index in [1.165, 1.54) is 25.3 Å². The van der Waals surface area contributed by atoms with E-state index in [0.717, 1.165) is 0 Å². The van der Waals surface area contributed by atoms with Gasteiger partial charge < -0.3 is 9.25 Å². The molecule has 0 bridgehead atoms. The Hall–Kier alpha value is -2.96. The first-order valence-corrected chi connectivity index (χ1v) is 5.62. The molecule has 1 heterocycles. The van der Waals surface area contributed by atoms with Crippen LogP contribution in [0.25, 0.3) is 11.3 Å². The van der Waals surface area contributed by atoms with Gasteiger partial charge in [0.15, 0.2) is 0 Å². The van der Waals surface area contributed by atoms with Gasteiger partial charge in [-0.2, -0.15) is 0 Å². The Bertz CT molecular complexity index is 675. The SMILES string of the molecule is CC(=O)O/N=C/c1ccc(-c2cccc([N+](=O)[O-])c2)o1. The predicted molar refractivity (Wildman–Crippen MR) is 70.2 cm³/mol. The average Bonchev–Trinajstić information content (AvgIpc) is 2.87. The van der Waals surface area contributed by atoms with Gasteiger partial charge in [-0.25, -0.2) is 4.79 Å². The average molecular weight is 274 g/mol. The summed E-state index contributed by atoms with van der Waals surface area (Å²) >= 11 is 0. The quantitative estimate of drug-likeness (QED) is 0.369. The lowest BCUT2D eigenvalue weighted by molar-refractivity contribution is -0.384. The number of hydrogen-bond acceptors (Lipinski definition) is 6. The fourth-order valence-corrected chi connectivity index (χ4v) is 1.50. The van der Waals surface area contributed by atoms with Crippen molar-refractivity contribution in [3.8, 4) is 11.3 Å². The summed E-state index contributed by atoms with van der Waals surface area (Å²) in [5, 5.41) is 14.1. The molecule has 0 saturated heterocycles. The van der Waals surface area contributed by atoms with Crippen molar-refractivity contribution in [1.29, 1.82) is 0 Å². The number of rotatable bonds is 4. The first-order valence-electron chi connectivity index (χ1n) is 5.62. The zero-order valence-corrected chi connectivity index (χ0v) is 10.5. The maximum atomic E-state index is 10.7. The lowest BCUT2D eigenvalue weighted by Crippen LogP contribution is -1.90. The summed E-state index contributed by atoms with van der Waals surface area (Å²) in [6.45, 7) is 1.23. The molecule has 1 aromatic heterocycles. The Morgan fingerprint density at radius 2 is 2.20 bits per heavy atom. The van der Waals surface area contributed by atoms with Gasteiger partial charge in [-0.3, -0.25) is 10.1 Å². The van der Waals surface area contributed by atoms with E-state index in [9.17, 15) is 14.9 Å². The van der Waals surface area contributed by atoms with Crippen LogP contribution in [0, 0.1) is 10.1 Å².